The molecule has 1 aliphatic heterocycles. The average Bonchev–Trinajstić information content (AvgIpc) is 3.10. The van der Waals surface area contributed by atoms with E-state index in [0.717, 1.165) is 11.3 Å². The number of nitrogens with zero attached hydrogens (tertiary/aromatic N) is 2. The molecule has 0 saturated carbocycles. The number of rotatable bonds is 7. The maximum Gasteiger partial charge on any atom is 0.227 e. The Bertz CT molecular complexity index is 823. The van der Waals surface area contributed by atoms with E-state index in [2.05, 4.69) is 22.3 Å². The van der Waals surface area contributed by atoms with Crippen molar-refractivity contribution in [3.05, 3.63) is 60.2 Å². The van der Waals surface area contributed by atoms with E-state index in [1.807, 2.05) is 56.6 Å². The Balaban J connectivity index is 1.62. The number of anilines is 1. The van der Waals surface area contributed by atoms with E-state index in [-0.39, 0.29) is 30.2 Å². The first kappa shape index (κ1) is 19.9. The van der Waals surface area contributed by atoms with E-state index in [4.69, 9.17) is 4.74 Å². The highest BCUT2D eigenvalue weighted by Crippen LogP contribution is 2.28. The van der Waals surface area contributed by atoms with Crippen LogP contribution in [0.15, 0.2) is 54.6 Å². The zero-order valence-electron chi connectivity index (χ0n) is 16.6. The number of carbonyl (C=O) groups is 2. The summed E-state index contributed by atoms with van der Waals surface area (Å²) < 4.78 is 5.23. The van der Waals surface area contributed by atoms with Crippen molar-refractivity contribution in [3.63, 3.8) is 0 Å². The Labute approximate surface area is 166 Å². The van der Waals surface area contributed by atoms with Crippen LogP contribution >= 0.6 is 0 Å². The number of methoxy groups -OCH3 is 1. The van der Waals surface area contributed by atoms with Crippen LogP contribution in [-0.2, 0) is 9.59 Å². The van der Waals surface area contributed by atoms with Gasteiger partial charge in [0.05, 0.1) is 19.1 Å². The van der Waals surface area contributed by atoms with E-state index in [9.17, 15) is 9.59 Å². The molecule has 3 rings (SSSR count). The Morgan fingerprint density at radius 1 is 1.21 bits per heavy atom. The number of ether oxygens (including phenoxy) is 1. The smallest absolute Gasteiger partial charge is 0.227 e. The van der Waals surface area contributed by atoms with Crippen LogP contribution in [0, 0.1) is 5.92 Å². The normalized spacial score (nSPS) is 17.6. The molecule has 1 fully saturated rings. The van der Waals surface area contributed by atoms with Gasteiger partial charge in [-0.25, -0.2) is 0 Å². The molecule has 1 heterocycles. The van der Waals surface area contributed by atoms with Crippen molar-refractivity contribution in [3.8, 4) is 5.75 Å². The SMILES string of the molecule is COc1cccc(N2CC(C(=O)NCC(c3ccccc3)N(C)C)CC2=O)c1. The lowest BCUT2D eigenvalue weighted by atomic mass is 10.0. The van der Waals surface area contributed by atoms with Gasteiger partial charge in [0.1, 0.15) is 5.75 Å². The predicted molar refractivity (Wildman–Crippen MR) is 109 cm³/mol. The van der Waals surface area contributed by atoms with Gasteiger partial charge in [-0.05, 0) is 31.8 Å². The molecule has 1 saturated heterocycles. The van der Waals surface area contributed by atoms with Gasteiger partial charge in [0.25, 0.3) is 0 Å². The van der Waals surface area contributed by atoms with Crippen LogP contribution in [0.3, 0.4) is 0 Å². The lowest BCUT2D eigenvalue weighted by Gasteiger charge is -2.25. The summed E-state index contributed by atoms with van der Waals surface area (Å²) in [5.41, 5.74) is 1.91. The summed E-state index contributed by atoms with van der Waals surface area (Å²) in [5.74, 6) is 0.217. The molecule has 2 amide bonds. The highest BCUT2D eigenvalue weighted by Gasteiger charge is 2.35. The van der Waals surface area contributed by atoms with E-state index in [1.165, 1.54) is 0 Å². The van der Waals surface area contributed by atoms with E-state index in [1.54, 1.807) is 12.0 Å². The Hall–Kier alpha value is -2.86. The van der Waals surface area contributed by atoms with Crippen LogP contribution in [0.2, 0.25) is 0 Å². The topological polar surface area (TPSA) is 61.9 Å². The Morgan fingerprint density at radius 2 is 1.96 bits per heavy atom. The van der Waals surface area contributed by atoms with Crippen LogP contribution in [-0.4, -0.2) is 51.0 Å². The van der Waals surface area contributed by atoms with Crippen LogP contribution in [0.4, 0.5) is 5.69 Å². The maximum absolute atomic E-state index is 12.7. The zero-order valence-corrected chi connectivity index (χ0v) is 16.6. The largest absolute Gasteiger partial charge is 0.497 e. The van der Waals surface area contributed by atoms with Gasteiger partial charge in [-0.2, -0.15) is 0 Å². The van der Waals surface area contributed by atoms with Gasteiger partial charge in [-0.1, -0.05) is 36.4 Å². The van der Waals surface area contributed by atoms with Gasteiger partial charge in [-0.15, -0.1) is 0 Å². The molecule has 0 aromatic heterocycles. The molecular formula is C22H27N3O3. The average molecular weight is 381 g/mol. The molecular weight excluding hydrogens is 354 g/mol. The predicted octanol–water partition coefficient (Wildman–Crippen LogP) is 2.47. The first-order chi connectivity index (χ1) is 13.5. The molecule has 2 aromatic rings. The fraction of sp³-hybridized carbons (Fsp3) is 0.364. The van der Waals surface area contributed by atoms with Crippen molar-refractivity contribution in [1.29, 1.82) is 0 Å². The Morgan fingerprint density at radius 3 is 2.64 bits per heavy atom. The van der Waals surface area contributed by atoms with Crippen LogP contribution in [0.5, 0.6) is 5.75 Å². The summed E-state index contributed by atoms with van der Waals surface area (Å²) >= 11 is 0. The number of benzene rings is 2. The van der Waals surface area contributed by atoms with Crippen molar-refractivity contribution in [1.82, 2.24) is 10.2 Å². The second kappa shape index (κ2) is 8.89. The van der Waals surface area contributed by atoms with Gasteiger partial charge in [0.2, 0.25) is 11.8 Å². The third-order valence-electron chi connectivity index (χ3n) is 5.14. The van der Waals surface area contributed by atoms with Gasteiger partial charge in [-0.3, -0.25) is 9.59 Å². The fourth-order valence-electron chi connectivity index (χ4n) is 3.53. The second-order valence-corrected chi connectivity index (χ2v) is 7.24. The summed E-state index contributed by atoms with van der Waals surface area (Å²) in [5, 5.41) is 3.04. The lowest BCUT2D eigenvalue weighted by molar-refractivity contribution is -0.126. The zero-order chi connectivity index (χ0) is 20.1. The summed E-state index contributed by atoms with van der Waals surface area (Å²) in [4.78, 5) is 28.9. The minimum Gasteiger partial charge on any atom is -0.497 e. The second-order valence-electron chi connectivity index (χ2n) is 7.24. The first-order valence-electron chi connectivity index (χ1n) is 9.43. The summed E-state index contributed by atoms with van der Waals surface area (Å²) in [6.07, 6.45) is 0.223. The molecule has 0 radical (unpaired) electrons. The first-order valence-corrected chi connectivity index (χ1v) is 9.43. The molecule has 6 nitrogen and oxygen atoms in total. The number of carbonyl (C=O) groups excluding carboxylic acids is 2. The molecule has 6 heteroatoms. The quantitative estimate of drug-likeness (QED) is 0.800. The Kier molecular flexibility index (Phi) is 6.31. The van der Waals surface area contributed by atoms with Gasteiger partial charge in [0, 0.05) is 31.3 Å². The lowest BCUT2D eigenvalue weighted by Crippen LogP contribution is -2.38. The molecule has 2 unspecified atom stereocenters. The fourth-order valence-corrected chi connectivity index (χ4v) is 3.53. The van der Waals surface area contributed by atoms with Crippen LogP contribution < -0.4 is 15.0 Å². The van der Waals surface area contributed by atoms with Crippen molar-refractivity contribution in [2.75, 3.05) is 39.2 Å². The number of hydrogen-bond donors (Lipinski definition) is 1. The van der Waals surface area contributed by atoms with Gasteiger partial charge < -0.3 is 19.9 Å². The molecule has 2 aromatic carbocycles. The molecule has 2 atom stereocenters. The van der Waals surface area contributed by atoms with Crippen molar-refractivity contribution < 1.29 is 14.3 Å². The van der Waals surface area contributed by atoms with E-state index < -0.39 is 0 Å². The summed E-state index contributed by atoms with van der Waals surface area (Å²) in [6.45, 7) is 0.884. The highest BCUT2D eigenvalue weighted by atomic mass is 16.5. The molecule has 0 bridgehead atoms. The minimum atomic E-state index is -0.350. The molecule has 148 valence electrons. The van der Waals surface area contributed by atoms with E-state index >= 15 is 0 Å². The molecule has 0 spiro atoms. The number of amides is 2. The maximum atomic E-state index is 12.7. The monoisotopic (exact) mass is 381 g/mol. The minimum absolute atomic E-state index is 0.0411. The van der Waals surface area contributed by atoms with E-state index in [0.29, 0.717) is 18.8 Å². The summed E-state index contributed by atoms with van der Waals surface area (Å²) in [6, 6.07) is 17.5. The summed E-state index contributed by atoms with van der Waals surface area (Å²) in [7, 11) is 5.58. The van der Waals surface area contributed by atoms with Crippen LogP contribution in [0.1, 0.15) is 18.0 Å². The van der Waals surface area contributed by atoms with Crippen LogP contribution in [0.25, 0.3) is 0 Å². The van der Waals surface area contributed by atoms with Gasteiger partial charge in [0.15, 0.2) is 0 Å². The molecule has 0 aliphatic carbocycles. The molecule has 1 N–H and O–H groups in total. The third-order valence-corrected chi connectivity index (χ3v) is 5.14. The van der Waals surface area contributed by atoms with Gasteiger partial charge >= 0.3 is 0 Å². The highest BCUT2D eigenvalue weighted by molar-refractivity contribution is 6.00. The van der Waals surface area contributed by atoms with Crippen molar-refractivity contribution in [2.24, 2.45) is 5.92 Å². The molecule has 1 aliphatic rings. The van der Waals surface area contributed by atoms with Crippen molar-refractivity contribution in [2.45, 2.75) is 12.5 Å². The number of nitrogens with one attached hydrogen (secondary N) is 1. The molecule has 28 heavy (non-hydrogen) atoms. The third kappa shape index (κ3) is 4.51. The standard InChI is InChI=1S/C22H27N3O3/c1-24(2)20(16-8-5-4-6-9-16)14-23-22(27)17-12-21(26)25(15-17)18-10-7-11-19(13-18)28-3/h4-11,13,17,20H,12,14-15H2,1-3H3,(H,23,27). The number of likely N-dealkylation sites (N-methyl/N-ethyl adjacent to an activating group) is 1. The van der Waals surface area contributed by atoms with Crippen molar-refractivity contribution >= 4 is 17.5 Å². The number of hydrogen-bond acceptors (Lipinski definition) is 4.